The van der Waals surface area contributed by atoms with E-state index in [2.05, 4.69) is 22.0 Å². The Labute approximate surface area is 219 Å². The molecule has 1 aromatic rings. The smallest absolute Gasteiger partial charge is 0.251 e. The number of hydrogen-bond donors (Lipinski definition) is 1. The Morgan fingerprint density at radius 3 is 2.38 bits per heavy atom. The van der Waals surface area contributed by atoms with Gasteiger partial charge in [-0.25, -0.2) is 0 Å². The van der Waals surface area contributed by atoms with Gasteiger partial charge in [-0.1, -0.05) is 19.8 Å². The van der Waals surface area contributed by atoms with Gasteiger partial charge in [-0.15, -0.1) is 0 Å². The van der Waals surface area contributed by atoms with E-state index in [9.17, 15) is 14.4 Å². The number of likely N-dealkylation sites (tertiary alicyclic amines) is 1. The highest BCUT2D eigenvalue weighted by Crippen LogP contribution is 2.46. The fourth-order valence-electron chi connectivity index (χ4n) is 7.08. The highest BCUT2D eigenvalue weighted by molar-refractivity contribution is 5.99. The van der Waals surface area contributed by atoms with Crippen molar-refractivity contribution in [1.82, 2.24) is 15.1 Å². The Kier molecular flexibility index (Phi) is 6.97. The van der Waals surface area contributed by atoms with Crippen LogP contribution in [-0.2, 0) is 14.3 Å². The summed E-state index contributed by atoms with van der Waals surface area (Å²) in [6.45, 7) is 8.02. The number of fused-ring (bicyclic) bond motifs is 1. The number of rotatable bonds is 7. The predicted octanol–water partition coefficient (Wildman–Crippen LogP) is 2.32. The molecule has 37 heavy (non-hydrogen) atoms. The van der Waals surface area contributed by atoms with Gasteiger partial charge in [0.2, 0.25) is 5.91 Å². The van der Waals surface area contributed by atoms with Crippen molar-refractivity contribution in [3.05, 3.63) is 29.8 Å². The number of carbonyl (C=O) groups excluding carboxylic acids is 3. The first kappa shape index (κ1) is 24.9. The van der Waals surface area contributed by atoms with Crippen molar-refractivity contribution in [2.24, 2.45) is 17.8 Å². The number of carbonyl (C=O) groups is 3. The summed E-state index contributed by atoms with van der Waals surface area (Å²) in [7, 11) is 0. The molecule has 8 heteroatoms. The fraction of sp³-hybridized carbons (Fsp3) is 0.690. The van der Waals surface area contributed by atoms with Crippen LogP contribution >= 0.6 is 0 Å². The highest BCUT2D eigenvalue weighted by Gasteiger charge is 2.57. The SMILES string of the molecule is CCN1CCN(c2ccc(C(=O)N[C@H](C(=O)N3C[C@@H](C4CC4)[C@H]4OCC(=O)[C@H]43)C3CCCC3)cc2)CC1. The second kappa shape index (κ2) is 10.4. The maximum atomic E-state index is 14.0. The number of ketones is 1. The maximum absolute atomic E-state index is 14.0. The van der Waals surface area contributed by atoms with E-state index in [4.69, 9.17) is 4.74 Å². The van der Waals surface area contributed by atoms with Crippen molar-refractivity contribution in [1.29, 1.82) is 0 Å². The summed E-state index contributed by atoms with van der Waals surface area (Å²) in [4.78, 5) is 46.7. The molecule has 5 fully saturated rings. The van der Waals surface area contributed by atoms with Crippen molar-refractivity contribution in [3.8, 4) is 0 Å². The summed E-state index contributed by atoms with van der Waals surface area (Å²) in [6, 6.07) is 6.70. The monoisotopic (exact) mass is 508 g/mol. The van der Waals surface area contributed by atoms with Gasteiger partial charge in [0.15, 0.2) is 5.78 Å². The molecule has 0 spiro atoms. The number of ether oxygens (including phenoxy) is 1. The number of benzene rings is 1. The molecule has 0 radical (unpaired) electrons. The number of nitrogens with one attached hydrogen (secondary N) is 1. The average molecular weight is 509 g/mol. The molecule has 5 aliphatic rings. The molecule has 2 aliphatic carbocycles. The minimum Gasteiger partial charge on any atom is -0.369 e. The van der Waals surface area contributed by atoms with Crippen LogP contribution in [0, 0.1) is 17.8 Å². The lowest BCUT2D eigenvalue weighted by molar-refractivity contribution is -0.139. The first-order chi connectivity index (χ1) is 18.0. The number of hydrogen-bond acceptors (Lipinski definition) is 6. The molecule has 200 valence electrons. The molecule has 2 amide bonds. The van der Waals surface area contributed by atoms with E-state index in [1.807, 2.05) is 24.3 Å². The normalized spacial score (nSPS) is 29.5. The largest absolute Gasteiger partial charge is 0.369 e. The van der Waals surface area contributed by atoms with Gasteiger partial charge in [0.05, 0.1) is 6.10 Å². The molecule has 0 bridgehead atoms. The third-order valence-corrected chi connectivity index (χ3v) is 9.47. The average Bonchev–Trinajstić information content (AvgIpc) is 3.31. The summed E-state index contributed by atoms with van der Waals surface area (Å²) < 4.78 is 5.88. The molecular weight excluding hydrogens is 468 g/mol. The minimum absolute atomic E-state index is 0.00774. The zero-order valence-electron chi connectivity index (χ0n) is 21.9. The number of nitrogens with zero attached hydrogens (tertiary/aromatic N) is 3. The van der Waals surface area contributed by atoms with Crippen molar-refractivity contribution < 1.29 is 19.1 Å². The van der Waals surface area contributed by atoms with Crippen molar-refractivity contribution in [2.75, 3.05) is 50.8 Å². The van der Waals surface area contributed by atoms with Gasteiger partial charge in [0.1, 0.15) is 18.7 Å². The van der Waals surface area contributed by atoms with E-state index >= 15 is 0 Å². The number of amides is 2. The first-order valence-corrected chi connectivity index (χ1v) is 14.4. The molecule has 1 aromatic carbocycles. The molecule has 6 rings (SSSR count). The standard InChI is InChI=1S/C29H40N4O4/c1-2-31-13-15-32(16-14-31)22-11-9-21(10-12-22)28(35)30-25(20-5-3-4-6-20)29(36)33-17-23(19-7-8-19)27-26(33)24(34)18-37-27/h9-12,19-20,23,25-27H,2-8,13-18H2,1H3,(H,30,35)/t23-,25-,26+,27+/m0/s1. The van der Waals surface area contributed by atoms with E-state index in [1.165, 1.54) is 0 Å². The molecule has 0 aromatic heterocycles. The molecule has 3 aliphatic heterocycles. The number of piperazine rings is 1. The van der Waals surface area contributed by atoms with Crippen LogP contribution in [0.15, 0.2) is 24.3 Å². The second-order valence-electron chi connectivity index (χ2n) is 11.6. The summed E-state index contributed by atoms with van der Waals surface area (Å²) >= 11 is 0. The van der Waals surface area contributed by atoms with Gasteiger partial charge in [-0.05, 0) is 68.3 Å². The van der Waals surface area contributed by atoms with Crippen LogP contribution in [0.1, 0.15) is 55.8 Å². The molecular formula is C29H40N4O4. The van der Waals surface area contributed by atoms with Gasteiger partial charge in [0, 0.05) is 49.9 Å². The maximum Gasteiger partial charge on any atom is 0.251 e. The third kappa shape index (κ3) is 4.90. The molecule has 1 N–H and O–H groups in total. The molecule has 4 atom stereocenters. The van der Waals surface area contributed by atoms with Crippen LogP contribution < -0.4 is 10.2 Å². The van der Waals surface area contributed by atoms with Gasteiger partial charge >= 0.3 is 0 Å². The third-order valence-electron chi connectivity index (χ3n) is 9.47. The van der Waals surface area contributed by atoms with Gasteiger partial charge in [-0.2, -0.15) is 0 Å². The van der Waals surface area contributed by atoms with Crippen LogP contribution in [0.2, 0.25) is 0 Å². The van der Waals surface area contributed by atoms with Crippen LogP contribution in [0.3, 0.4) is 0 Å². The quantitative estimate of drug-likeness (QED) is 0.609. The van der Waals surface area contributed by atoms with Crippen molar-refractivity contribution >= 4 is 23.3 Å². The van der Waals surface area contributed by atoms with E-state index < -0.39 is 12.1 Å². The minimum atomic E-state index is -0.594. The molecule has 0 unspecified atom stereocenters. The van der Waals surface area contributed by atoms with Gasteiger partial charge in [-0.3, -0.25) is 14.4 Å². The van der Waals surface area contributed by atoms with Crippen LogP contribution in [0.25, 0.3) is 0 Å². The van der Waals surface area contributed by atoms with Gasteiger partial charge < -0.3 is 24.8 Å². The number of anilines is 1. The fourth-order valence-corrected chi connectivity index (χ4v) is 7.08. The molecule has 8 nitrogen and oxygen atoms in total. The Balaban J connectivity index is 1.16. The number of Topliss-reactive ketones (excluding diaryl/α,β-unsaturated/α-hetero) is 1. The van der Waals surface area contributed by atoms with Crippen LogP contribution in [0.4, 0.5) is 5.69 Å². The summed E-state index contributed by atoms with van der Waals surface area (Å²) in [5.74, 6) is 0.611. The lowest BCUT2D eigenvalue weighted by atomic mass is 9.95. The zero-order chi connectivity index (χ0) is 25.5. The predicted molar refractivity (Wildman–Crippen MR) is 140 cm³/mol. The van der Waals surface area contributed by atoms with Gasteiger partial charge in [0.25, 0.3) is 5.91 Å². The highest BCUT2D eigenvalue weighted by atomic mass is 16.5. The van der Waals surface area contributed by atoms with E-state index in [0.29, 0.717) is 18.0 Å². The van der Waals surface area contributed by atoms with Crippen LogP contribution in [-0.4, -0.2) is 91.5 Å². The van der Waals surface area contributed by atoms with E-state index in [0.717, 1.165) is 76.9 Å². The number of likely N-dealkylation sites (N-methyl/N-ethyl adjacent to an activating group) is 1. The lowest BCUT2D eigenvalue weighted by Crippen LogP contribution is -2.54. The van der Waals surface area contributed by atoms with E-state index in [-0.39, 0.29) is 42.1 Å². The first-order valence-electron chi connectivity index (χ1n) is 14.4. The van der Waals surface area contributed by atoms with Crippen LogP contribution in [0.5, 0.6) is 0 Å². The Morgan fingerprint density at radius 1 is 1.03 bits per heavy atom. The summed E-state index contributed by atoms with van der Waals surface area (Å²) in [5, 5.41) is 3.12. The Hall–Kier alpha value is -2.45. The van der Waals surface area contributed by atoms with Crippen molar-refractivity contribution in [2.45, 2.75) is 63.6 Å². The summed E-state index contributed by atoms with van der Waals surface area (Å²) in [5.41, 5.74) is 1.70. The summed E-state index contributed by atoms with van der Waals surface area (Å²) in [6.07, 6.45) is 6.14. The topological polar surface area (TPSA) is 82.2 Å². The Morgan fingerprint density at radius 2 is 1.73 bits per heavy atom. The molecule has 2 saturated carbocycles. The lowest BCUT2D eigenvalue weighted by Gasteiger charge is -2.35. The van der Waals surface area contributed by atoms with Crippen molar-refractivity contribution in [3.63, 3.8) is 0 Å². The molecule has 3 saturated heterocycles. The van der Waals surface area contributed by atoms with E-state index in [1.54, 1.807) is 4.90 Å². The Bertz CT molecular complexity index is 1010. The zero-order valence-corrected chi connectivity index (χ0v) is 21.9. The molecule has 3 heterocycles. The second-order valence-corrected chi connectivity index (χ2v) is 11.6.